The molecule has 3 nitrogen and oxygen atoms in total. The molecule has 0 bridgehead atoms. The first-order valence-electron chi connectivity index (χ1n) is 5.80. The lowest BCUT2D eigenvalue weighted by Crippen LogP contribution is -2.25. The van der Waals surface area contributed by atoms with Gasteiger partial charge in [0.2, 0.25) is 5.91 Å². The quantitative estimate of drug-likeness (QED) is 0.714. The second-order valence-electron chi connectivity index (χ2n) is 4.04. The van der Waals surface area contributed by atoms with Crippen LogP contribution >= 0.6 is 0 Å². The van der Waals surface area contributed by atoms with Gasteiger partial charge < -0.3 is 10.6 Å². The van der Waals surface area contributed by atoms with Crippen molar-refractivity contribution in [3.05, 3.63) is 0 Å². The smallest absolute Gasteiger partial charge is 0.219 e. The fourth-order valence-electron chi connectivity index (χ4n) is 1.92. The molecule has 2 N–H and O–H groups in total. The third-order valence-electron chi connectivity index (χ3n) is 2.89. The summed E-state index contributed by atoms with van der Waals surface area (Å²) in [5, 5.41) is 6.34. The van der Waals surface area contributed by atoms with E-state index in [2.05, 4.69) is 10.6 Å². The van der Waals surface area contributed by atoms with Crippen molar-refractivity contribution in [1.29, 1.82) is 0 Å². The predicted molar refractivity (Wildman–Crippen MR) is 58.1 cm³/mol. The lowest BCUT2D eigenvalue weighted by molar-refractivity contribution is -0.120. The van der Waals surface area contributed by atoms with Crippen LogP contribution in [0.4, 0.5) is 0 Å². The van der Waals surface area contributed by atoms with E-state index >= 15 is 0 Å². The topological polar surface area (TPSA) is 41.1 Å². The number of hydrogen-bond donors (Lipinski definition) is 2. The van der Waals surface area contributed by atoms with Crippen LogP contribution in [0.1, 0.15) is 39.0 Å². The van der Waals surface area contributed by atoms with Crippen LogP contribution < -0.4 is 10.6 Å². The highest BCUT2D eigenvalue weighted by Crippen LogP contribution is 2.16. The maximum absolute atomic E-state index is 11.0. The minimum atomic E-state index is 0.178. The minimum Gasteiger partial charge on any atom is -0.356 e. The van der Waals surface area contributed by atoms with Crippen LogP contribution in [0.3, 0.4) is 0 Å². The van der Waals surface area contributed by atoms with Crippen molar-refractivity contribution in [2.24, 2.45) is 5.92 Å². The molecule has 14 heavy (non-hydrogen) atoms. The van der Waals surface area contributed by atoms with Gasteiger partial charge >= 0.3 is 0 Å². The average molecular weight is 198 g/mol. The van der Waals surface area contributed by atoms with Gasteiger partial charge in [-0.1, -0.05) is 6.92 Å². The lowest BCUT2D eigenvalue weighted by atomic mass is 9.97. The van der Waals surface area contributed by atoms with Gasteiger partial charge in [-0.15, -0.1) is 0 Å². The molecule has 82 valence electrons. The normalized spacial score (nSPS) is 22.8. The average Bonchev–Trinajstić information content (AvgIpc) is 2.46. The molecule has 1 amide bonds. The Morgan fingerprint density at radius 1 is 1.43 bits per heavy atom. The second kappa shape index (κ2) is 6.82. The summed E-state index contributed by atoms with van der Waals surface area (Å²) in [6.07, 6.45) is 5.61. The number of rotatable bonds is 4. The van der Waals surface area contributed by atoms with Crippen LogP contribution in [0.25, 0.3) is 0 Å². The molecule has 1 aliphatic heterocycles. The van der Waals surface area contributed by atoms with E-state index in [0.717, 1.165) is 32.0 Å². The van der Waals surface area contributed by atoms with Crippen molar-refractivity contribution in [3.8, 4) is 0 Å². The molecule has 0 aromatic heterocycles. The zero-order chi connectivity index (χ0) is 10.2. The highest BCUT2D eigenvalue weighted by molar-refractivity contribution is 5.75. The van der Waals surface area contributed by atoms with E-state index in [-0.39, 0.29) is 5.91 Å². The van der Waals surface area contributed by atoms with Gasteiger partial charge in [0.25, 0.3) is 0 Å². The lowest BCUT2D eigenvalue weighted by Gasteiger charge is -2.13. The Balaban J connectivity index is 2.07. The molecule has 1 unspecified atom stereocenters. The third-order valence-corrected chi connectivity index (χ3v) is 2.89. The van der Waals surface area contributed by atoms with Crippen molar-refractivity contribution in [2.45, 2.75) is 39.0 Å². The molecule has 0 radical (unpaired) electrons. The van der Waals surface area contributed by atoms with E-state index in [0.29, 0.717) is 6.42 Å². The van der Waals surface area contributed by atoms with Crippen molar-refractivity contribution < 1.29 is 4.79 Å². The molecule has 0 aromatic rings. The summed E-state index contributed by atoms with van der Waals surface area (Å²) < 4.78 is 0. The van der Waals surface area contributed by atoms with Crippen molar-refractivity contribution in [1.82, 2.24) is 10.6 Å². The third kappa shape index (κ3) is 4.61. The van der Waals surface area contributed by atoms with E-state index < -0.39 is 0 Å². The molecule has 0 aliphatic carbocycles. The molecule has 1 atom stereocenters. The van der Waals surface area contributed by atoms with Gasteiger partial charge in [-0.25, -0.2) is 0 Å². The van der Waals surface area contributed by atoms with Crippen LogP contribution in [-0.2, 0) is 4.79 Å². The molecule has 0 saturated carbocycles. The molecular weight excluding hydrogens is 176 g/mol. The van der Waals surface area contributed by atoms with Crippen molar-refractivity contribution >= 4 is 5.91 Å². The van der Waals surface area contributed by atoms with E-state index in [1.54, 1.807) is 0 Å². The van der Waals surface area contributed by atoms with Gasteiger partial charge in [0.1, 0.15) is 0 Å². The van der Waals surface area contributed by atoms with Gasteiger partial charge in [-0.3, -0.25) is 4.79 Å². The maximum atomic E-state index is 11.0. The standard InChI is InChI=1S/C11H22N2O/c1-2-11(14)13-9-6-10-4-3-7-12-8-5-10/h10,12H,2-9H2,1H3,(H,13,14). The molecule has 1 heterocycles. The largest absolute Gasteiger partial charge is 0.356 e. The number of carbonyl (C=O) groups is 1. The van der Waals surface area contributed by atoms with E-state index in [1.165, 1.54) is 19.3 Å². The van der Waals surface area contributed by atoms with Crippen LogP contribution in [0, 0.1) is 5.92 Å². The first kappa shape index (κ1) is 11.5. The summed E-state index contributed by atoms with van der Waals surface area (Å²) in [5.74, 6) is 0.985. The zero-order valence-corrected chi connectivity index (χ0v) is 9.14. The predicted octanol–water partition coefficient (Wildman–Crippen LogP) is 1.29. The van der Waals surface area contributed by atoms with Gasteiger partial charge in [0.05, 0.1) is 0 Å². The highest BCUT2D eigenvalue weighted by Gasteiger charge is 2.11. The summed E-state index contributed by atoms with van der Waals surface area (Å²) in [6.45, 7) is 5.06. The molecule has 1 fully saturated rings. The summed E-state index contributed by atoms with van der Waals surface area (Å²) in [7, 11) is 0. The maximum Gasteiger partial charge on any atom is 0.219 e. The first-order chi connectivity index (χ1) is 6.83. The van der Waals surface area contributed by atoms with E-state index in [1.807, 2.05) is 6.92 Å². The SMILES string of the molecule is CCC(=O)NCCC1CCCNCC1. The van der Waals surface area contributed by atoms with Crippen molar-refractivity contribution in [2.75, 3.05) is 19.6 Å². The van der Waals surface area contributed by atoms with Crippen molar-refractivity contribution in [3.63, 3.8) is 0 Å². The number of amides is 1. The van der Waals surface area contributed by atoms with Gasteiger partial charge in [0, 0.05) is 13.0 Å². The Labute approximate surface area is 86.6 Å². The van der Waals surface area contributed by atoms with Crippen LogP contribution in [0.2, 0.25) is 0 Å². The van der Waals surface area contributed by atoms with Crippen LogP contribution in [0.5, 0.6) is 0 Å². The molecule has 0 spiro atoms. The zero-order valence-electron chi connectivity index (χ0n) is 9.14. The Kier molecular flexibility index (Phi) is 5.60. The molecule has 3 heteroatoms. The van der Waals surface area contributed by atoms with Crippen LogP contribution in [-0.4, -0.2) is 25.5 Å². The molecule has 1 saturated heterocycles. The molecule has 0 aromatic carbocycles. The van der Waals surface area contributed by atoms with E-state index in [9.17, 15) is 4.79 Å². The van der Waals surface area contributed by atoms with Crippen LogP contribution in [0.15, 0.2) is 0 Å². The Hall–Kier alpha value is -0.570. The number of carbonyl (C=O) groups excluding carboxylic acids is 1. The Morgan fingerprint density at radius 2 is 2.29 bits per heavy atom. The number of nitrogens with one attached hydrogen (secondary N) is 2. The summed E-state index contributed by atoms with van der Waals surface area (Å²) in [5.41, 5.74) is 0. The Morgan fingerprint density at radius 3 is 3.07 bits per heavy atom. The summed E-state index contributed by atoms with van der Waals surface area (Å²) in [6, 6.07) is 0. The molecule has 1 aliphatic rings. The summed E-state index contributed by atoms with van der Waals surface area (Å²) >= 11 is 0. The second-order valence-corrected chi connectivity index (χ2v) is 4.04. The van der Waals surface area contributed by atoms with Gasteiger partial charge in [0.15, 0.2) is 0 Å². The Bertz CT molecular complexity index is 163. The van der Waals surface area contributed by atoms with E-state index in [4.69, 9.17) is 0 Å². The monoisotopic (exact) mass is 198 g/mol. The van der Waals surface area contributed by atoms with Gasteiger partial charge in [-0.2, -0.15) is 0 Å². The number of hydrogen-bond acceptors (Lipinski definition) is 2. The highest BCUT2D eigenvalue weighted by atomic mass is 16.1. The van der Waals surface area contributed by atoms with Gasteiger partial charge in [-0.05, 0) is 44.7 Å². The fourth-order valence-corrected chi connectivity index (χ4v) is 1.92. The molecular formula is C11H22N2O. The minimum absolute atomic E-state index is 0.178. The molecule has 1 rings (SSSR count). The summed E-state index contributed by atoms with van der Waals surface area (Å²) in [4.78, 5) is 11.0. The fraction of sp³-hybridized carbons (Fsp3) is 0.909. The first-order valence-corrected chi connectivity index (χ1v) is 5.80.